The molecule has 1 saturated carbocycles. The SMILES string of the molecule is CC(C)c1nc(CSCC2(CC(=O)O)CC2)cs1. The summed E-state index contributed by atoms with van der Waals surface area (Å²) in [6.07, 6.45) is 2.47. The van der Waals surface area contributed by atoms with E-state index in [0.717, 1.165) is 30.0 Å². The molecule has 1 aliphatic carbocycles. The number of nitrogens with zero attached hydrogens (tertiary/aromatic N) is 1. The smallest absolute Gasteiger partial charge is 0.303 e. The Morgan fingerprint density at radius 1 is 1.61 bits per heavy atom. The molecular weight excluding hydrogens is 266 g/mol. The normalized spacial score (nSPS) is 17.1. The van der Waals surface area contributed by atoms with Crippen LogP contribution in [0.1, 0.15) is 49.7 Å². The lowest BCUT2D eigenvalue weighted by Gasteiger charge is -2.10. The number of carboxylic acids is 1. The zero-order valence-corrected chi connectivity index (χ0v) is 12.4. The average molecular weight is 285 g/mol. The molecule has 0 amide bonds. The van der Waals surface area contributed by atoms with E-state index in [9.17, 15) is 4.79 Å². The lowest BCUT2D eigenvalue weighted by atomic mass is 10.1. The minimum atomic E-state index is -0.663. The van der Waals surface area contributed by atoms with Crippen LogP contribution in [0.3, 0.4) is 0 Å². The Hall–Kier alpha value is -0.550. The highest BCUT2D eigenvalue weighted by atomic mass is 32.2. The number of hydrogen-bond acceptors (Lipinski definition) is 4. The van der Waals surface area contributed by atoms with E-state index >= 15 is 0 Å². The van der Waals surface area contributed by atoms with Gasteiger partial charge in [0.05, 0.1) is 17.1 Å². The molecule has 100 valence electrons. The fourth-order valence-corrected chi connectivity index (χ4v) is 4.12. The van der Waals surface area contributed by atoms with Crippen molar-refractivity contribution in [2.45, 2.75) is 44.8 Å². The summed E-state index contributed by atoms with van der Waals surface area (Å²) in [6, 6.07) is 0. The highest BCUT2D eigenvalue weighted by Gasteiger charge is 2.44. The van der Waals surface area contributed by atoms with Crippen LogP contribution >= 0.6 is 23.1 Å². The van der Waals surface area contributed by atoms with E-state index < -0.39 is 5.97 Å². The fourth-order valence-electron chi connectivity index (χ4n) is 1.90. The highest BCUT2D eigenvalue weighted by molar-refractivity contribution is 7.98. The molecule has 0 unspecified atom stereocenters. The van der Waals surface area contributed by atoms with Gasteiger partial charge in [-0.15, -0.1) is 11.3 Å². The van der Waals surface area contributed by atoms with Crippen LogP contribution in [0.5, 0.6) is 0 Å². The van der Waals surface area contributed by atoms with E-state index in [2.05, 4.69) is 24.2 Å². The Morgan fingerprint density at radius 2 is 2.33 bits per heavy atom. The largest absolute Gasteiger partial charge is 0.481 e. The van der Waals surface area contributed by atoms with Crippen molar-refractivity contribution in [3.05, 3.63) is 16.1 Å². The number of thioether (sulfide) groups is 1. The molecule has 1 fully saturated rings. The summed E-state index contributed by atoms with van der Waals surface area (Å²) in [5, 5.41) is 12.2. The molecule has 1 aliphatic rings. The van der Waals surface area contributed by atoms with Gasteiger partial charge in [-0.05, 0) is 24.0 Å². The molecule has 2 rings (SSSR count). The van der Waals surface area contributed by atoms with Crippen molar-refractivity contribution in [2.75, 3.05) is 5.75 Å². The maximum atomic E-state index is 10.7. The van der Waals surface area contributed by atoms with Gasteiger partial charge < -0.3 is 5.11 Å². The molecule has 0 aromatic carbocycles. The lowest BCUT2D eigenvalue weighted by Crippen LogP contribution is -2.11. The number of carbonyl (C=O) groups is 1. The van der Waals surface area contributed by atoms with Gasteiger partial charge in [0.25, 0.3) is 0 Å². The molecule has 1 N–H and O–H groups in total. The van der Waals surface area contributed by atoms with Crippen LogP contribution in [0.2, 0.25) is 0 Å². The van der Waals surface area contributed by atoms with Gasteiger partial charge in [0.15, 0.2) is 0 Å². The number of carboxylic acid groups (broad SMARTS) is 1. The van der Waals surface area contributed by atoms with Crippen LogP contribution in [-0.4, -0.2) is 21.8 Å². The topological polar surface area (TPSA) is 50.2 Å². The molecule has 0 spiro atoms. The standard InChI is InChI=1S/C13H19NO2S2/c1-9(2)12-14-10(7-18-12)6-17-8-13(3-4-13)5-11(15)16/h7,9H,3-6,8H2,1-2H3,(H,15,16). The third kappa shape index (κ3) is 3.72. The van der Waals surface area contributed by atoms with Crippen LogP contribution < -0.4 is 0 Å². The van der Waals surface area contributed by atoms with Gasteiger partial charge in [0, 0.05) is 17.1 Å². The number of rotatable bonds is 7. The van der Waals surface area contributed by atoms with Crippen LogP contribution in [0, 0.1) is 5.41 Å². The first kappa shape index (κ1) is 13.9. The molecule has 5 heteroatoms. The second-order valence-corrected chi connectivity index (χ2v) is 7.27. The van der Waals surface area contributed by atoms with Crippen molar-refractivity contribution in [3.63, 3.8) is 0 Å². The van der Waals surface area contributed by atoms with E-state index in [1.807, 2.05) is 11.8 Å². The molecule has 0 bridgehead atoms. The summed E-state index contributed by atoms with van der Waals surface area (Å²) < 4.78 is 0. The first-order valence-electron chi connectivity index (χ1n) is 6.25. The van der Waals surface area contributed by atoms with E-state index in [1.54, 1.807) is 11.3 Å². The van der Waals surface area contributed by atoms with Gasteiger partial charge in [-0.3, -0.25) is 4.79 Å². The van der Waals surface area contributed by atoms with E-state index in [-0.39, 0.29) is 5.41 Å². The summed E-state index contributed by atoms with van der Waals surface area (Å²) in [7, 11) is 0. The van der Waals surface area contributed by atoms with Crippen molar-refractivity contribution < 1.29 is 9.90 Å². The molecule has 0 radical (unpaired) electrons. The minimum Gasteiger partial charge on any atom is -0.481 e. The van der Waals surface area contributed by atoms with Crippen molar-refractivity contribution >= 4 is 29.1 Å². The second-order valence-electron chi connectivity index (χ2n) is 5.40. The van der Waals surface area contributed by atoms with E-state index in [1.165, 1.54) is 5.01 Å². The molecule has 1 aromatic heterocycles. The van der Waals surface area contributed by atoms with Gasteiger partial charge in [0.2, 0.25) is 0 Å². The van der Waals surface area contributed by atoms with Gasteiger partial charge in [-0.25, -0.2) is 4.98 Å². The number of aromatic nitrogens is 1. The summed E-state index contributed by atoms with van der Waals surface area (Å²) in [4.78, 5) is 15.3. The number of aliphatic carboxylic acids is 1. The van der Waals surface area contributed by atoms with Gasteiger partial charge >= 0.3 is 5.97 Å². The van der Waals surface area contributed by atoms with E-state index in [0.29, 0.717) is 12.3 Å². The average Bonchev–Trinajstić information content (AvgIpc) is 2.86. The van der Waals surface area contributed by atoms with Crippen LogP contribution in [0.15, 0.2) is 5.38 Å². The Morgan fingerprint density at radius 3 is 2.83 bits per heavy atom. The third-order valence-corrected chi connectivity index (χ3v) is 5.72. The lowest BCUT2D eigenvalue weighted by molar-refractivity contribution is -0.138. The summed E-state index contributed by atoms with van der Waals surface area (Å²) in [5.41, 5.74) is 1.23. The summed E-state index contributed by atoms with van der Waals surface area (Å²) in [5.74, 6) is 1.69. The third-order valence-electron chi connectivity index (χ3n) is 3.20. The molecule has 3 nitrogen and oxygen atoms in total. The fraction of sp³-hybridized carbons (Fsp3) is 0.692. The molecule has 18 heavy (non-hydrogen) atoms. The van der Waals surface area contributed by atoms with Crippen LogP contribution in [0.25, 0.3) is 0 Å². The second kappa shape index (κ2) is 5.61. The first-order chi connectivity index (χ1) is 8.51. The molecule has 0 aliphatic heterocycles. The number of thiazole rings is 1. The van der Waals surface area contributed by atoms with Crippen LogP contribution in [0.4, 0.5) is 0 Å². The van der Waals surface area contributed by atoms with Gasteiger partial charge in [0.1, 0.15) is 0 Å². The monoisotopic (exact) mass is 285 g/mol. The first-order valence-corrected chi connectivity index (χ1v) is 8.28. The predicted octanol–water partition coefficient (Wildman–Crippen LogP) is 3.75. The molecule has 1 aromatic rings. The highest BCUT2D eigenvalue weighted by Crippen LogP contribution is 2.51. The maximum absolute atomic E-state index is 10.7. The zero-order chi connectivity index (χ0) is 13.2. The molecular formula is C13H19NO2S2. The molecule has 0 atom stereocenters. The Bertz CT molecular complexity index is 424. The van der Waals surface area contributed by atoms with E-state index in [4.69, 9.17) is 5.11 Å². The van der Waals surface area contributed by atoms with Crippen molar-refractivity contribution in [2.24, 2.45) is 5.41 Å². The Kier molecular flexibility index (Phi) is 4.33. The van der Waals surface area contributed by atoms with Crippen molar-refractivity contribution in [1.29, 1.82) is 0 Å². The van der Waals surface area contributed by atoms with Crippen molar-refractivity contribution in [3.8, 4) is 0 Å². The Balaban J connectivity index is 1.76. The van der Waals surface area contributed by atoms with Gasteiger partial charge in [-0.1, -0.05) is 13.8 Å². The van der Waals surface area contributed by atoms with Crippen molar-refractivity contribution in [1.82, 2.24) is 4.98 Å². The predicted molar refractivity (Wildman–Crippen MR) is 76.3 cm³/mol. The Labute approximate surface area is 116 Å². The molecule has 0 saturated heterocycles. The van der Waals surface area contributed by atoms with Gasteiger partial charge in [-0.2, -0.15) is 11.8 Å². The summed E-state index contributed by atoms with van der Waals surface area (Å²) in [6.45, 7) is 4.31. The zero-order valence-electron chi connectivity index (χ0n) is 10.8. The minimum absolute atomic E-state index is 0.0907. The quantitative estimate of drug-likeness (QED) is 0.829. The summed E-state index contributed by atoms with van der Waals surface area (Å²) >= 11 is 3.55. The number of hydrogen-bond donors (Lipinski definition) is 1. The maximum Gasteiger partial charge on any atom is 0.303 e. The molecule has 1 heterocycles. The van der Waals surface area contributed by atoms with Crippen LogP contribution in [-0.2, 0) is 10.5 Å².